The summed E-state index contributed by atoms with van der Waals surface area (Å²) in [7, 11) is -2.59. The van der Waals surface area contributed by atoms with Gasteiger partial charge in [-0.05, 0) is 48.7 Å². The number of para-hydroxylation sites is 1. The van der Waals surface area contributed by atoms with Crippen LogP contribution in [-0.2, 0) is 32.6 Å². The second kappa shape index (κ2) is 13.3. The molecule has 212 valence electrons. The van der Waals surface area contributed by atoms with E-state index in [0.29, 0.717) is 11.3 Å². The minimum absolute atomic E-state index is 0.0842. The summed E-state index contributed by atoms with van der Waals surface area (Å²) in [5.74, 6) is -0.820. The average Bonchev–Trinajstić information content (AvgIpc) is 2.99. The van der Waals surface area contributed by atoms with Gasteiger partial charge in [-0.2, -0.15) is 0 Å². The zero-order chi connectivity index (χ0) is 29.4. The van der Waals surface area contributed by atoms with Gasteiger partial charge in [0.1, 0.15) is 12.6 Å². The van der Waals surface area contributed by atoms with Crippen LogP contribution in [0.25, 0.3) is 0 Å². The van der Waals surface area contributed by atoms with E-state index in [9.17, 15) is 18.0 Å². The Morgan fingerprint density at radius 3 is 1.90 bits per heavy atom. The molecule has 0 aromatic heterocycles. The van der Waals surface area contributed by atoms with Gasteiger partial charge in [-0.15, -0.1) is 0 Å². The van der Waals surface area contributed by atoms with Crippen LogP contribution in [0.4, 0.5) is 5.69 Å². The van der Waals surface area contributed by atoms with Crippen molar-refractivity contribution in [3.63, 3.8) is 0 Å². The quantitative estimate of drug-likeness (QED) is 0.279. The highest BCUT2D eigenvalue weighted by Crippen LogP contribution is 2.28. The molecule has 4 aromatic carbocycles. The van der Waals surface area contributed by atoms with Gasteiger partial charge in [0.2, 0.25) is 11.8 Å². The Morgan fingerprint density at radius 1 is 0.756 bits per heavy atom. The fourth-order valence-electron chi connectivity index (χ4n) is 4.69. The number of carbonyl (C=O) groups is 2. The Hall–Kier alpha value is -4.43. The molecule has 1 N–H and O–H groups in total. The second-order valence-corrected chi connectivity index (χ2v) is 11.8. The number of benzene rings is 4. The highest BCUT2D eigenvalue weighted by molar-refractivity contribution is 7.92. The molecule has 0 spiro atoms. The van der Waals surface area contributed by atoms with Gasteiger partial charge in [0.15, 0.2) is 0 Å². The van der Waals surface area contributed by atoms with Crippen molar-refractivity contribution in [2.45, 2.75) is 37.8 Å². The van der Waals surface area contributed by atoms with E-state index < -0.39 is 28.5 Å². The first-order valence-corrected chi connectivity index (χ1v) is 14.9. The van der Waals surface area contributed by atoms with E-state index >= 15 is 0 Å². The third kappa shape index (κ3) is 7.21. The second-order valence-electron chi connectivity index (χ2n) is 9.94. The number of aryl methyl sites for hydroxylation is 2. The number of amides is 2. The molecule has 1 atom stereocenters. The first-order chi connectivity index (χ1) is 19.7. The molecule has 0 unspecified atom stereocenters. The molecular formula is C33H35N3O4S. The van der Waals surface area contributed by atoms with Crippen molar-refractivity contribution in [1.29, 1.82) is 0 Å². The van der Waals surface area contributed by atoms with Gasteiger partial charge in [0, 0.05) is 20.0 Å². The van der Waals surface area contributed by atoms with Gasteiger partial charge in [-0.1, -0.05) is 96.6 Å². The van der Waals surface area contributed by atoms with Crippen LogP contribution in [0.15, 0.2) is 114 Å². The first kappa shape index (κ1) is 29.6. The van der Waals surface area contributed by atoms with E-state index in [4.69, 9.17) is 0 Å². The van der Waals surface area contributed by atoms with Crippen molar-refractivity contribution in [3.05, 3.63) is 131 Å². The number of anilines is 1. The molecule has 0 aliphatic rings. The minimum atomic E-state index is -4.12. The maximum absolute atomic E-state index is 14.3. The molecule has 0 radical (unpaired) electrons. The van der Waals surface area contributed by atoms with E-state index in [-0.39, 0.29) is 23.8 Å². The van der Waals surface area contributed by atoms with Gasteiger partial charge < -0.3 is 10.2 Å². The number of hydrogen-bond acceptors (Lipinski definition) is 4. The molecule has 0 saturated heterocycles. The zero-order valence-corrected chi connectivity index (χ0v) is 24.3. The summed E-state index contributed by atoms with van der Waals surface area (Å²) in [5.41, 5.74) is 3.74. The fourth-order valence-corrected chi connectivity index (χ4v) is 6.17. The monoisotopic (exact) mass is 569 g/mol. The Bertz CT molecular complexity index is 1570. The number of sulfonamides is 1. The van der Waals surface area contributed by atoms with Gasteiger partial charge in [-0.3, -0.25) is 13.9 Å². The van der Waals surface area contributed by atoms with Gasteiger partial charge >= 0.3 is 0 Å². The van der Waals surface area contributed by atoms with Crippen LogP contribution in [-0.4, -0.2) is 44.8 Å². The molecule has 0 saturated carbocycles. The third-order valence-corrected chi connectivity index (χ3v) is 8.76. The Morgan fingerprint density at radius 2 is 1.32 bits per heavy atom. The summed E-state index contributed by atoms with van der Waals surface area (Å²) in [5, 5.41) is 2.70. The smallest absolute Gasteiger partial charge is 0.264 e. The predicted octanol–water partition coefficient (Wildman–Crippen LogP) is 4.88. The molecule has 2 amide bonds. The summed E-state index contributed by atoms with van der Waals surface area (Å²) >= 11 is 0. The Kier molecular flexibility index (Phi) is 9.57. The molecule has 0 bridgehead atoms. The van der Waals surface area contributed by atoms with Crippen LogP contribution in [0, 0.1) is 13.8 Å². The summed E-state index contributed by atoms with van der Waals surface area (Å²) in [4.78, 5) is 29.1. The molecule has 8 heteroatoms. The van der Waals surface area contributed by atoms with Crippen LogP contribution in [0.5, 0.6) is 0 Å². The van der Waals surface area contributed by atoms with Gasteiger partial charge in [0.05, 0.1) is 10.6 Å². The molecule has 7 nitrogen and oxygen atoms in total. The number of rotatable bonds is 11. The van der Waals surface area contributed by atoms with Crippen LogP contribution in [0.3, 0.4) is 0 Å². The van der Waals surface area contributed by atoms with Crippen molar-refractivity contribution in [2.24, 2.45) is 0 Å². The number of carbonyl (C=O) groups excluding carboxylic acids is 2. The van der Waals surface area contributed by atoms with E-state index in [1.807, 2.05) is 86.6 Å². The van der Waals surface area contributed by atoms with E-state index in [1.165, 1.54) is 11.9 Å². The lowest BCUT2D eigenvalue weighted by Gasteiger charge is -2.34. The maximum Gasteiger partial charge on any atom is 0.264 e. The molecule has 41 heavy (non-hydrogen) atoms. The average molecular weight is 570 g/mol. The lowest BCUT2D eigenvalue weighted by Crippen LogP contribution is -2.53. The number of nitrogens with zero attached hydrogens (tertiary/aromatic N) is 2. The van der Waals surface area contributed by atoms with E-state index in [2.05, 4.69) is 5.32 Å². The zero-order valence-electron chi connectivity index (χ0n) is 23.5. The summed E-state index contributed by atoms with van der Waals surface area (Å²) in [6.07, 6.45) is 0.272. The van der Waals surface area contributed by atoms with E-state index in [1.54, 1.807) is 36.4 Å². The Balaban J connectivity index is 1.78. The molecule has 0 heterocycles. The Labute approximate surface area is 242 Å². The van der Waals surface area contributed by atoms with Crippen molar-refractivity contribution >= 4 is 27.5 Å². The largest absolute Gasteiger partial charge is 0.357 e. The normalized spacial score (nSPS) is 11.9. The lowest BCUT2D eigenvalue weighted by molar-refractivity contribution is -0.139. The minimum Gasteiger partial charge on any atom is -0.357 e. The van der Waals surface area contributed by atoms with E-state index in [0.717, 1.165) is 21.0 Å². The summed E-state index contributed by atoms with van der Waals surface area (Å²) < 4.78 is 29.2. The van der Waals surface area contributed by atoms with Crippen molar-refractivity contribution in [3.8, 4) is 0 Å². The van der Waals surface area contributed by atoms with Gasteiger partial charge in [-0.25, -0.2) is 8.42 Å². The highest BCUT2D eigenvalue weighted by atomic mass is 32.2. The molecule has 0 aliphatic heterocycles. The van der Waals surface area contributed by atoms with Crippen LogP contribution in [0.1, 0.15) is 22.3 Å². The van der Waals surface area contributed by atoms with Crippen LogP contribution in [0.2, 0.25) is 0 Å². The SMILES string of the molecule is CNC(=O)[C@H](Cc1ccccc1)N(Cc1ccccc1)C(=O)CN(c1ccccc1C)S(=O)(=O)c1ccc(C)cc1. The number of likely N-dealkylation sites (N-methyl/N-ethyl adjacent to an activating group) is 1. The maximum atomic E-state index is 14.3. The number of nitrogens with one attached hydrogen (secondary N) is 1. The molecule has 4 rings (SSSR count). The fraction of sp³-hybridized carbons (Fsp3) is 0.212. The van der Waals surface area contributed by atoms with Crippen molar-refractivity contribution in [2.75, 3.05) is 17.9 Å². The van der Waals surface area contributed by atoms with Crippen LogP contribution >= 0.6 is 0 Å². The molecule has 0 aliphatic carbocycles. The number of hydrogen-bond donors (Lipinski definition) is 1. The van der Waals surface area contributed by atoms with Crippen molar-refractivity contribution in [1.82, 2.24) is 10.2 Å². The highest BCUT2D eigenvalue weighted by Gasteiger charge is 2.34. The first-order valence-electron chi connectivity index (χ1n) is 13.4. The summed E-state index contributed by atoms with van der Waals surface area (Å²) in [6, 6.07) is 31.6. The predicted molar refractivity (Wildman–Crippen MR) is 162 cm³/mol. The van der Waals surface area contributed by atoms with Crippen molar-refractivity contribution < 1.29 is 18.0 Å². The summed E-state index contributed by atoms with van der Waals surface area (Å²) in [6.45, 7) is 3.35. The lowest BCUT2D eigenvalue weighted by atomic mass is 10.0. The standard InChI is InChI=1S/C33H35N3O4S/c1-25-18-20-29(21-19-25)41(39,40)36(30-17-11-10-12-26(30)2)24-32(37)35(23-28-15-8-5-9-16-28)31(33(38)34-3)22-27-13-6-4-7-14-27/h4-21,31H,22-24H2,1-3H3,(H,34,38)/t31-/m0/s1. The third-order valence-electron chi connectivity index (χ3n) is 6.99. The molecular weight excluding hydrogens is 534 g/mol. The molecule has 0 fully saturated rings. The van der Waals surface area contributed by atoms with Crippen LogP contribution < -0.4 is 9.62 Å². The van der Waals surface area contributed by atoms with Gasteiger partial charge in [0.25, 0.3) is 10.0 Å². The topological polar surface area (TPSA) is 86.8 Å². The molecule has 4 aromatic rings.